The Bertz CT molecular complexity index is 3200. The first-order valence-corrected chi connectivity index (χ1v) is 22.9. The maximum absolute atomic E-state index is 6.68. The summed E-state index contributed by atoms with van der Waals surface area (Å²) in [6, 6.07) is 65.0. The van der Waals surface area contributed by atoms with Crippen LogP contribution in [0.3, 0.4) is 0 Å². The smallest absolute Gasteiger partial charge is 0.268 e. The molecule has 3 aromatic heterocycles. The Kier molecular flexibility index (Phi) is 9.74. The maximum atomic E-state index is 6.68. The zero-order valence-corrected chi connectivity index (χ0v) is 37.6. The quantitative estimate of drug-likeness (QED) is 0.0864. The van der Waals surface area contributed by atoms with Gasteiger partial charge in [0.1, 0.15) is 13.9 Å². The summed E-state index contributed by atoms with van der Waals surface area (Å²) in [5.74, 6) is 2.24. The minimum Gasteiger partial charge on any atom is -0.510 e. The van der Waals surface area contributed by atoms with Gasteiger partial charge < -0.3 is 13.9 Å². The summed E-state index contributed by atoms with van der Waals surface area (Å²) in [5.41, 5.74) is 11.7. The molecule has 0 fully saturated rings. The molecule has 0 saturated carbocycles. The van der Waals surface area contributed by atoms with Crippen molar-refractivity contribution in [2.24, 2.45) is 0 Å². The van der Waals surface area contributed by atoms with Gasteiger partial charge in [-0.2, -0.15) is 18.2 Å². The molecule has 7 heteroatoms. The fraction of sp³-hybridized carbons (Fsp3) is 0.111. The molecule has 4 heterocycles. The largest absolute Gasteiger partial charge is 0.510 e. The number of rotatable bonds is 8. The molecule has 5 nitrogen and oxygen atoms in total. The Morgan fingerprint density at radius 2 is 1.23 bits per heavy atom. The molecule has 0 saturated heterocycles. The van der Waals surface area contributed by atoms with E-state index < -0.39 is 8.07 Å². The summed E-state index contributed by atoms with van der Waals surface area (Å²) in [7, 11) is -2.21. The van der Waals surface area contributed by atoms with Crippen molar-refractivity contribution in [2.75, 3.05) is 0 Å². The molecule has 10 aromatic rings. The summed E-state index contributed by atoms with van der Waals surface area (Å²) >= 11 is 0. The molecule has 1 aliphatic rings. The third kappa shape index (κ3) is 5.99. The number of para-hydroxylation sites is 4. The van der Waals surface area contributed by atoms with Gasteiger partial charge >= 0.3 is 0 Å². The molecule has 0 atom stereocenters. The van der Waals surface area contributed by atoms with Gasteiger partial charge in [0.15, 0.2) is 0 Å². The molecule has 0 spiro atoms. The molecule has 1 aliphatic heterocycles. The summed E-state index contributed by atoms with van der Waals surface area (Å²) in [4.78, 5) is 5.10. The number of ether oxygens (including phenoxy) is 1. The van der Waals surface area contributed by atoms with Crippen LogP contribution in [0.5, 0.6) is 11.5 Å². The van der Waals surface area contributed by atoms with E-state index in [1.165, 1.54) is 21.3 Å². The SMILES string of the molecule is CC(C)[Si]1(C(C)C)c2cccnc2-n2c3[c-]c(Oc4[c-]c(-n5[c-][n+](-c6c(-c7ccccc7)cccc6-c6ccccc6)c6ccccc65)ccc4)ccc3c3cccc1c32.[Pt]. The van der Waals surface area contributed by atoms with E-state index in [-0.39, 0.29) is 21.1 Å². The molecule has 300 valence electrons. The van der Waals surface area contributed by atoms with Crippen LogP contribution in [0.15, 0.2) is 170 Å². The first-order chi connectivity index (χ1) is 29.4. The van der Waals surface area contributed by atoms with Crippen molar-refractivity contribution in [3.8, 4) is 50.9 Å². The minimum absolute atomic E-state index is 0. The third-order valence-electron chi connectivity index (χ3n) is 12.6. The summed E-state index contributed by atoms with van der Waals surface area (Å²) in [6.07, 6.45) is 5.69. The second-order valence-corrected chi connectivity index (χ2v) is 21.5. The van der Waals surface area contributed by atoms with Crippen LogP contribution in [-0.2, 0) is 21.1 Å². The van der Waals surface area contributed by atoms with Gasteiger partial charge in [-0.05, 0) is 60.8 Å². The molecule has 0 aliphatic carbocycles. The van der Waals surface area contributed by atoms with Crippen molar-refractivity contribution < 1.29 is 30.4 Å². The first kappa shape index (κ1) is 38.8. The van der Waals surface area contributed by atoms with Gasteiger partial charge in [0.25, 0.3) is 6.33 Å². The predicted molar refractivity (Wildman–Crippen MR) is 246 cm³/mol. The Balaban J connectivity index is 0.00000445. The molecule has 7 aromatic carbocycles. The number of pyridine rings is 1. The zero-order chi connectivity index (χ0) is 40.5. The molecule has 0 bridgehead atoms. The molecule has 0 unspecified atom stereocenters. The van der Waals surface area contributed by atoms with E-state index in [2.05, 4.69) is 205 Å². The van der Waals surface area contributed by atoms with Crippen LogP contribution in [0, 0.1) is 18.5 Å². The normalized spacial score (nSPS) is 12.9. The van der Waals surface area contributed by atoms with Crippen molar-refractivity contribution >= 4 is 51.3 Å². The fourth-order valence-corrected chi connectivity index (χ4v) is 16.2. The van der Waals surface area contributed by atoms with E-state index in [1.807, 2.05) is 24.4 Å². The molecular formula is C54H42N4OPtSi-2. The van der Waals surface area contributed by atoms with Crippen molar-refractivity contribution in [1.82, 2.24) is 14.1 Å². The summed E-state index contributed by atoms with van der Waals surface area (Å²) < 4.78 is 13.3. The van der Waals surface area contributed by atoms with E-state index in [9.17, 15) is 0 Å². The topological polar surface area (TPSA) is 35.9 Å². The Labute approximate surface area is 371 Å². The number of hydrogen-bond acceptors (Lipinski definition) is 2. The van der Waals surface area contributed by atoms with Gasteiger partial charge in [0, 0.05) is 44.3 Å². The van der Waals surface area contributed by atoms with Crippen LogP contribution in [0.1, 0.15) is 27.7 Å². The maximum Gasteiger partial charge on any atom is 0.268 e. The van der Waals surface area contributed by atoms with E-state index in [4.69, 9.17) is 9.72 Å². The predicted octanol–water partition coefficient (Wildman–Crippen LogP) is 11.6. The Morgan fingerprint density at radius 3 is 1.95 bits per heavy atom. The second kappa shape index (κ2) is 15.3. The van der Waals surface area contributed by atoms with E-state index in [0.29, 0.717) is 22.6 Å². The van der Waals surface area contributed by atoms with Gasteiger partial charge in [0.05, 0.1) is 16.7 Å². The van der Waals surface area contributed by atoms with Gasteiger partial charge in [-0.3, -0.25) is 4.57 Å². The van der Waals surface area contributed by atoms with Gasteiger partial charge in [-0.15, -0.1) is 29.7 Å². The van der Waals surface area contributed by atoms with Crippen LogP contribution in [0.25, 0.3) is 72.3 Å². The first-order valence-electron chi connectivity index (χ1n) is 20.8. The third-order valence-corrected chi connectivity index (χ3v) is 18.8. The van der Waals surface area contributed by atoms with Crippen LogP contribution in [-0.4, -0.2) is 22.2 Å². The van der Waals surface area contributed by atoms with Crippen molar-refractivity contribution in [1.29, 1.82) is 0 Å². The molecule has 0 amide bonds. The van der Waals surface area contributed by atoms with E-state index >= 15 is 0 Å². The molecular weight excluding hydrogens is 944 g/mol. The Morgan fingerprint density at radius 1 is 0.590 bits per heavy atom. The van der Waals surface area contributed by atoms with Gasteiger partial charge in [-0.1, -0.05) is 161 Å². The molecule has 0 N–H and O–H groups in total. The number of aromatic nitrogens is 4. The van der Waals surface area contributed by atoms with E-state index in [0.717, 1.165) is 61.4 Å². The minimum atomic E-state index is -2.21. The van der Waals surface area contributed by atoms with Crippen molar-refractivity contribution in [2.45, 2.75) is 38.8 Å². The number of nitrogens with zero attached hydrogens (tertiary/aromatic N) is 4. The van der Waals surface area contributed by atoms with E-state index in [1.54, 1.807) is 0 Å². The number of benzene rings is 7. The summed E-state index contributed by atoms with van der Waals surface area (Å²) in [6.45, 7) is 9.62. The molecule has 11 rings (SSSR count). The number of hydrogen-bond donors (Lipinski definition) is 0. The Hall–Kier alpha value is -6.33. The number of imidazole rings is 1. The summed E-state index contributed by atoms with van der Waals surface area (Å²) in [5, 5.41) is 5.26. The fourth-order valence-electron chi connectivity index (χ4n) is 10.2. The van der Waals surface area contributed by atoms with Crippen LogP contribution in [0.4, 0.5) is 0 Å². The van der Waals surface area contributed by atoms with Gasteiger partial charge in [0.2, 0.25) is 0 Å². The van der Waals surface area contributed by atoms with Crippen LogP contribution < -0.4 is 19.7 Å². The average molecular weight is 986 g/mol. The standard InChI is InChI=1S/C54H42N4OSi.Pt/c1-36(2)60(37(3)4)50-28-15-25-46-45-31-30-42(34-49(45)58(53(46)50)54-51(60)29-16-32-55-54)59-41-22-13-21-40(33-41)56-35-57(48-27-12-11-26-47(48)56)52-43(38-17-7-5-8-18-38)23-14-24-44(52)39-19-9-6-10-20-39;/h5-32,36-37H,1-4H3;/q-2;. The number of fused-ring (bicyclic) bond motifs is 6. The monoisotopic (exact) mass is 985 g/mol. The van der Waals surface area contributed by atoms with Gasteiger partial charge in [-0.25, -0.2) is 4.98 Å². The average Bonchev–Trinajstić information content (AvgIpc) is 3.84. The van der Waals surface area contributed by atoms with Crippen molar-refractivity contribution in [3.63, 3.8) is 0 Å². The second-order valence-electron chi connectivity index (χ2n) is 16.4. The van der Waals surface area contributed by atoms with Crippen LogP contribution >= 0.6 is 0 Å². The molecule has 0 radical (unpaired) electrons. The van der Waals surface area contributed by atoms with Crippen molar-refractivity contribution in [3.05, 3.63) is 188 Å². The van der Waals surface area contributed by atoms with Crippen LogP contribution in [0.2, 0.25) is 11.1 Å². The molecule has 61 heavy (non-hydrogen) atoms. The zero-order valence-electron chi connectivity index (χ0n) is 34.3.